The zero-order valence-corrected chi connectivity index (χ0v) is 11.7. The molecule has 0 saturated carbocycles. The number of rotatable bonds is 3. The van der Waals surface area contributed by atoms with Crippen molar-refractivity contribution >= 4 is 17.5 Å². The SMILES string of the molecule is CC(NC(=O)c1cnccc1N)C(=O)NC(C)(C)C. The molecule has 1 heterocycles. The molecule has 0 radical (unpaired) electrons. The van der Waals surface area contributed by atoms with Gasteiger partial charge in [0.15, 0.2) is 0 Å². The van der Waals surface area contributed by atoms with Gasteiger partial charge in [-0.15, -0.1) is 0 Å². The Labute approximate surface area is 112 Å². The van der Waals surface area contributed by atoms with Gasteiger partial charge in [-0.2, -0.15) is 0 Å². The largest absolute Gasteiger partial charge is 0.398 e. The van der Waals surface area contributed by atoms with Crippen LogP contribution in [0.4, 0.5) is 5.69 Å². The molecule has 1 aromatic rings. The summed E-state index contributed by atoms with van der Waals surface area (Å²) < 4.78 is 0. The first-order valence-electron chi connectivity index (χ1n) is 6.03. The van der Waals surface area contributed by atoms with Gasteiger partial charge in [0, 0.05) is 23.6 Å². The number of hydrogen-bond donors (Lipinski definition) is 3. The van der Waals surface area contributed by atoms with Crippen molar-refractivity contribution in [2.75, 3.05) is 5.73 Å². The molecule has 0 aliphatic carbocycles. The zero-order valence-electron chi connectivity index (χ0n) is 11.7. The average molecular weight is 264 g/mol. The van der Waals surface area contributed by atoms with Gasteiger partial charge in [0.05, 0.1) is 5.56 Å². The summed E-state index contributed by atoms with van der Waals surface area (Å²) in [4.78, 5) is 27.6. The highest BCUT2D eigenvalue weighted by Crippen LogP contribution is 2.08. The standard InChI is InChI=1S/C13H20N4O2/c1-8(11(18)17-13(2,3)4)16-12(19)9-7-15-6-5-10(9)14/h5-8H,1-4H3,(H2,14,15)(H,16,19)(H,17,18). The van der Waals surface area contributed by atoms with Crippen molar-refractivity contribution in [3.8, 4) is 0 Å². The van der Waals surface area contributed by atoms with Crippen LogP contribution in [0.1, 0.15) is 38.1 Å². The summed E-state index contributed by atoms with van der Waals surface area (Å²) in [5.41, 5.74) is 5.92. The van der Waals surface area contributed by atoms with E-state index in [1.807, 2.05) is 20.8 Å². The maximum atomic E-state index is 11.9. The molecular formula is C13H20N4O2. The third kappa shape index (κ3) is 4.57. The van der Waals surface area contributed by atoms with Gasteiger partial charge in [-0.1, -0.05) is 0 Å². The second-order valence-electron chi connectivity index (χ2n) is 5.40. The third-order valence-electron chi connectivity index (χ3n) is 2.34. The first-order chi connectivity index (χ1) is 8.70. The van der Waals surface area contributed by atoms with Crippen molar-refractivity contribution in [2.45, 2.75) is 39.3 Å². The van der Waals surface area contributed by atoms with Crippen LogP contribution in [-0.4, -0.2) is 28.4 Å². The second kappa shape index (κ2) is 5.69. The lowest BCUT2D eigenvalue weighted by atomic mass is 10.1. The molecule has 1 rings (SSSR count). The number of carbonyl (C=O) groups is 2. The van der Waals surface area contributed by atoms with Gasteiger partial charge in [-0.05, 0) is 33.8 Å². The molecule has 0 saturated heterocycles. The van der Waals surface area contributed by atoms with Crippen molar-refractivity contribution in [3.63, 3.8) is 0 Å². The highest BCUT2D eigenvalue weighted by molar-refractivity contribution is 6.01. The summed E-state index contributed by atoms with van der Waals surface area (Å²) in [5.74, 6) is -0.662. The molecular weight excluding hydrogens is 244 g/mol. The maximum absolute atomic E-state index is 11.9. The topological polar surface area (TPSA) is 97.1 Å². The fourth-order valence-corrected chi connectivity index (χ4v) is 1.41. The van der Waals surface area contributed by atoms with Crippen molar-refractivity contribution in [3.05, 3.63) is 24.0 Å². The summed E-state index contributed by atoms with van der Waals surface area (Å²) in [5, 5.41) is 5.38. The van der Waals surface area contributed by atoms with Crippen LogP contribution in [0.2, 0.25) is 0 Å². The van der Waals surface area contributed by atoms with E-state index in [9.17, 15) is 9.59 Å². The van der Waals surface area contributed by atoms with Gasteiger partial charge in [0.1, 0.15) is 6.04 Å². The van der Waals surface area contributed by atoms with Gasteiger partial charge in [0.25, 0.3) is 5.91 Å². The number of nitrogens with one attached hydrogen (secondary N) is 2. The van der Waals surface area contributed by atoms with E-state index in [-0.39, 0.29) is 17.0 Å². The Morgan fingerprint density at radius 1 is 1.37 bits per heavy atom. The molecule has 1 aromatic heterocycles. The molecule has 0 bridgehead atoms. The smallest absolute Gasteiger partial charge is 0.255 e. The van der Waals surface area contributed by atoms with Crippen LogP contribution in [0.5, 0.6) is 0 Å². The number of anilines is 1. The Kier molecular flexibility index (Phi) is 4.47. The van der Waals surface area contributed by atoms with E-state index in [4.69, 9.17) is 5.73 Å². The quantitative estimate of drug-likeness (QED) is 0.748. The van der Waals surface area contributed by atoms with Crippen molar-refractivity contribution in [1.82, 2.24) is 15.6 Å². The lowest BCUT2D eigenvalue weighted by molar-refractivity contribution is -0.124. The number of nitrogens with two attached hydrogens (primary N) is 1. The van der Waals surface area contributed by atoms with Crippen molar-refractivity contribution in [1.29, 1.82) is 0 Å². The van der Waals surface area contributed by atoms with Crippen LogP contribution in [0.15, 0.2) is 18.5 Å². The van der Waals surface area contributed by atoms with E-state index in [0.717, 1.165) is 0 Å². The molecule has 0 spiro atoms. The number of nitrogens with zero attached hydrogens (tertiary/aromatic N) is 1. The number of aromatic nitrogens is 1. The van der Waals surface area contributed by atoms with E-state index < -0.39 is 11.9 Å². The zero-order chi connectivity index (χ0) is 14.6. The van der Waals surface area contributed by atoms with Gasteiger partial charge in [0.2, 0.25) is 5.91 Å². The molecule has 6 heteroatoms. The Morgan fingerprint density at radius 3 is 2.53 bits per heavy atom. The fraction of sp³-hybridized carbons (Fsp3) is 0.462. The number of pyridine rings is 1. The Balaban J connectivity index is 2.67. The molecule has 1 unspecified atom stereocenters. The number of nitrogen functional groups attached to an aromatic ring is 1. The average Bonchev–Trinajstić information content (AvgIpc) is 2.27. The fourth-order valence-electron chi connectivity index (χ4n) is 1.41. The minimum absolute atomic E-state index is 0.247. The van der Waals surface area contributed by atoms with Gasteiger partial charge < -0.3 is 16.4 Å². The summed E-state index contributed by atoms with van der Waals surface area (Å²) in [6, 6.07) is 0.890. The summed E-state index contributed by atoms with van der Waals surface area (Å²) in [7, 11) is 0. The molecule has 0 aromatic carbocycles. The normalized spacial score (nSPS) is 12.6. The van der Waals surface area contributed by atoms with Crippen LogP contribution in [0.3, 0.4) is 0 Å². The molecule has 0 aliphatic heterocycles. The van der Waals surface area contributed by atoms with E-state index in [0.29, 0.717) is 5.69 Å². The third-order valence-corrected chi connectivity index (χ3v) is 2.34. The van der Waals surface area contributed by atoms with Gasteiger partial charge in [-0.3, -0.25) is 14.6 Å². The van der Waals surface area contributed by atoms with Crippen LogP contribution in [0.25, 0.3) is 0 Å². The number of hydrogen-bond acceptors (Lipinski definition) is 4. The molecule has 0 aliphatic rings. The highest BCUT2D eigenvalue weighted by Gasteiger charge is 2.21. The van der Waals surface area contributed by atoms with Crippen molar-refractivity contribution < 1.29 is 9.59 Å². The van der Waals surface area contributed by atoms with E-state index >= 15 is 0 Å². The van der Waals surface area contributed by atoms with E-state index in [1.54, 1.807) is 6.92 Å². The van der Waals surface area contributed by atoms with Crippen LogP contribution < -0.4 is 16.4 Å². The highest BCUT2D eigenvalue weighted by atomic mass is 16.2. The Bertz CT molecular complexity index is 480. The van der Waals surface area contributed by atoms with Crippen LogP contribution in [0, 0.1) is 0 Å². The Hall–Kier alpha value is -2.11. The molecule has 0 fully saturated rings. The Morgan fingerprint density at radius 2 is 2.00 bits per heavy atom. The predicted molar refractivity (Wildman–Crippen MR) is 73.5 cm³/mol. The molecule has 104 valence electrons. The van der Waals surface area contributed by atoms with Crippen LogP contribution in [-0.2, 0) is 4.79 Å². The predicted octanol–water partition coefficient (Wildman–Crippen LogP) is 0.697. The van der Waals surface area contributed by atoms with Crippen LogP contribution >= 0.6 is 0 Å². The summed E-state index contributed by atoms with van der Waals surface area (Å²) in [6.07, 6.45) is 2.88. The molecule has 2 amide bonds. The molecule has 1 atom stereocenters. The van der Waals surface area contributed by atoms with E-state index in [1.165, 1.54) is 18.5 Å². The number of carbonyl (C=O) groups excluding carboxylic acids is 2. The van der Waals surface area contributed by atoms with E-state index in [2.05, 4.69) is 15.6 Å². The van der Waals surface area contributed by atoms with Crippen molar-refractivity contribution in [2.24, 2.45) is 0 Å². The number of amides is 2. The lowest BCUT2D eigenvalue weighted by Gasteiger charge is -2.23. The molecule has 6 nitrogen and oxygen atoms in total. The molecule has 19 heavy (non-hydrogen) atoms. The van der Waals surface area contributed by atoms with Gasteiger partial charge in [-0.25, -0.2) is 0 Å². The monoisotopic (exact) mass is 264 g/mol. The lowest BCUT2D eigenvalue weighted by Crippen LogP contribution is -2.50. The summed E-state index contributed by atoms with van der Waals surface area (Å²) >= 11 is 0. The minimum Gasteiger partial charge on any atom is -0.398 e. The van der Waals surface area contributed by atoms with Gasteiger partial charge >= 0.3 is 0 Å². The first-order valence-corrected chi connectivity index (χ1v) is 6.03. The first kappa shape index (κ1) is 14.9. The maximum Gasteiger partial charge on any atom is 0.255 e. The second-order valence-corrected chi connectivity index (χ2v) is 5.40. The summed E-state index contributed by atoms with van der Waals surface area (Å²) in [6.45, 7) is 7.24. The minimum atomic E-state index is -0.647. The molecule has 4 N–H and O–H groups in total.